The number of rotatable bonds is 4. The molecule has 0 saturated carbocycles. The van der Waals surface area contributed by atoms with E-state index in [1.165, 1.54) is 16.7 Å². The molecule has 0 aliphatic carbocycles. The molecule has 27 heavy (non-hydrogen) atoms. The molecule has 1 aliphatic heterocycles. The van der Waals surface area contributed by atoms with Crippen LogP contribution in [0.3, 0.4) is 0 Å². The van der Waals surface area contributed by atoms with Gasteiger partial charge in [0.25, 0.3) is 0 Å². The minimum absolute atomic E-state index is 0.0569. The van der Waals surface area contributed by atoms with Gasteiger partial charge in [-0.2, -0.15) is 0 Å². The van der Waals surface area contributed by atoms with Gasteiger partial charge in [-0.15, -0.1) is 0 Å². The van der Waals surface area contributed by atoms with Gasteiger partial charge in [-0.1, -0.05) is 48.5 Å². The first-order chi connectivity index (χ1) is 13.4. The van der Waals surface area contributed by atoms with Crippen LogP contribution in [0.25, 0.3) is 11.0 Å². The van der Waals surface area contributed by atoms with Crippen LogP contribution in [-0.4, -0.2) is 16.5 Å². The van der Waals surface area contributed by atoms with Crippen LogP contribution in [0.5, 0.6) is 5.75 Å². The summed E-state index contributed by atoms with van der Waals surface area (Å²) >= 11 is 0. The van der Waals surface area contributed by atoms with Crippen LogP contribution < -0.4 is 10.1 Å². The van der Waals surface area contributed by atoms with Crippen molar-refractivity contribution < 1.29 is 4.74 Å². The van der Waals surface area contributed by atoms with Crippen molar-refractivity contribution in [2.45, 2.75) is 19.1 Å². The van der Waals surface area contributed by atoms with Crippen molar-refractivity contribution in [3.8, 4) is 5.75 Å². The predicted molar refractivity (Wildman–Crippen MR) is 107 cm³/mol. The molecule has 5 rings (SSSR count). The number of aromatic nitrogens is 2. The Bertz CT molecular complexity index is 1040. The average Bonchev–Trinajstić information content (AvgIpc) is 3.16. The van der Waals surface area contributed by atoms with Gasteiger partial charge in [0.05, 0.1) is 17.1 Å². The number of nitrogens with one attached hydrogen (secondary N) is 2. The summed E-state index contributed by atoms with van der Waals surface area (Å²) < 4.78 is 6.04. The summed E-state index contributed by atoms with van der Waals surface area (Å²) in [5.41, 5.74) is 5.83. The first-order valence-corrected chi connectivity index (χ1v) is 9.34. The van der Waals surface area contributed by atoms with Gasteiger partial charge in [-0.3, -0.25) is 0 Å². The molecule has 0 fully saturated rings. The van der Waals surface area contributed by atoms with E-state index in [1.807, 2.05) is 36.4 Å². The maximum absolute atomic E-state index is 6.04. The summed E-state index contributed by atoms with van der Waals surface area (Å²) in [5, 5.41) is 3.60. The molecule has 3 aromatic carbocycles. The molecule has 0 amide bonds. The number of ether oxygens (including phenoxy) is 1. The average molecular weight is 355 g/mol. The number of para-hydroxylation sites is 2. The number of hydrogen-bond acceptors (Lipinski definition) is 3. The lowest BCUT2D eigenvalue weighted by Crippen LogP contribution is -2.31. The van der Waals surface area contributed by atoms with E-state index in [0.29, 0.717) is 6.61 Å². The monoisotopic (exact) mass is 355 g/mol. The zero-order valence-electron chi connectivity index (χ0n) is 15.0. The molecule has 4 heteroatoms. The Morgan fingerprint density at radius 2 is 1.81 bits per heavy atom. The molecule has 1 aromatic heterocycles. The minimum Gasteiger partial charge on any atom is -0.489 e. The van der Waals surface area contributed by atoms with E-state index < -0.39 is 0 Å². The molecule has 4 aromatic rings. The number of hydrogen-bond donors (Lipinski definition) is 2. The van der Waals surface area contributed by atoms with Crippen LogP contribution in [-0.2, 0) is 13.0 Å². The summed E-state index contributed by atoms with van der Waals surface area (Å²) in [6.45, 7) is 1.52. The van der Waals surface area contributed by atoms with Gasteiger partial charge in [-0.05, 0) is 47.4 Å². The van der Waals surface area contributed by atoms with Gasteiger partial charge < -0.3 is 15.0 Å². The lowest BCUT2D eigenvalue weighted by Gasteiger charge is -2.26. The first kappa shape index (κ1) is 16.1. The fourth-order valence-electron chi connectivity index (χ4n) is 3.71. The molecule has 1 unspecified atom stereocenters. The number of benzene rings is 3. The zero-order valence-corrected chi connectivity index (χ0v) is 15.0. The van der Waals surface area contributed by atoms with Crippen LogP contribution in [0.1, 0.15) is 28.6 Å². The minimum atomic E-state index is 0.0569. The van der Waals surface area contributed by atoms with E-state index in [0.717, 1.165) is 35.6 Å². The zero-order chi connectivity index (χ0) is 18.1. The van der Waals surface area contributed by atoms with Crippen molar-refractivity contribution in [3.05, 3.63) is 95.3 Å². The summed E-state index contributed by atoms with van der Waals surface area (Å²) in [6, 6.07) is 24.9. The number of aromatic amines is 1. The van der Waals surface area contributed by atoms with Crippen molar-refractivity contribution >= 4 is 11.0 Å². The van der Waals surface area contributed by atoms with E-state index in [4.69, 9.17) is 9.72 Å². The highest BCUT2D eigenvalue weighted by atomic mass is 16.5. The van der Waals surface area contributed by atoms with Gasteiger partial charge in [0.1, 0.15) is 18.2 Å². The van der Waals surface area contributed by atoms with Crippen LogP contribution in [0.2, 0.25) is 0 Å². The molecule has 134 valence electrons. The van der Waals surface area contributed by atoms with E-state index >= 15 is 0 Å². The molecular formula is C23H21N3O. The molecule has 2 heterocycles. The molecular weight excluding hydrogens is 334 g/mol. The Labute approximate surface area is 158 Å². The third-order valence-electron chi connectivity index (χ3n) is 5.10. The maximum atomic E-state index is 6.04. The predicted octanol–water partition coefficient (Wildman–Crippen LogP) is 4.38. The number of nitrogens with zero attached hydrogens (tertiary/aromatic N) is 1. The molecule has 0 bridgehead atoms. The SMILES string of the molecule is c1ccc(COc2ccc3c(c2)C(c2nc4ccccc4[nH]2)NCC3)cc1. The van der Waals surface area contributed by atoms with Crippen LogP contribution in [0.4, 0.5) is 0 Å². The Balaban J connectivity index is 1.45. The lowest BCUT2D eigenvalue weighted by atomic mass is 9.93. The molecule has 1 aliphatic rings. The van der Waals surface area contributed by atoms with Crippen LogP contribution in [0.15, 0.2) is 72.8 Å². The van der Waals surface area contributed by atoms with Crippen molar-refractivity contribution in [2.24, 2.45) is 0 Å². The molecule has 0 radical (unpaired) electrons. The summed E-state index contributed by atoms with van der Waals surface area (Å²) in [5.74, 6) is 1.85. The second-order valence-corrected chi connectivity index (χ2v) is 6.91. The molecule has 4 nitrogen and oxygen atoms in total. The Morgan fingerprint density at radius 1 is 0.963 bits per heavy atom. The van der Waals surface area contributed by atoms with Crippen LogP contribution >= 0.6 is 0 Å². The van der Waals surface area contributed by atoms with Crippen molar-refractivity contribution in [2.75, 3.05) is 6.54 Å². The lowest BCUT2D eigenvalue weighted by molar-refractivity contribution is 0.305. The highest BCUT2D eigenvalue weighted by molar-refractivity contribution is 5.75. The smallest absolute Gasteiger partial charge is 0.129 e. The van der Waals surface area contributed by atoms with Crippen molar-refractivity contribution in [3.63, 3.8) is 0 Å². The quantitative estimate of drug-likeness (QED) is 0.571. The number of H-pyrrole nitrogens is 1. The fraction of sp³-hybridized carbons (Fsp3) is 0.174. The summed E-state index contributed by atoms with van der Waals surface area (Å²) in [7, 11) is 0. The van der Waals surface area contributed by atoms with Crippen molar-refractivity contribution in [1.29, 1.82) is 0 Å². The Hall–Kier alpha value is -3.11. The second-order valence-electron chi connectivity index (χ2n) is 6.91. The van der Waals surface area contributed by atoms with E-state index in [2.05, 4.69) is 46.7 Å². The summed E-state index contributed by atoms with van der Waals surface area (Å²) in [6.07, 6.45) is 1.02. The first-order valence-electron chi connectivity index (χ1n) is 9.34. The van der Waals surface area contributed by atoms with E-state index in [9.17, 15) is 0 Å². The van der Waals surface area contributed by atoms with Gasteiger partial charge in [0, 0.05) is 6.54 Å². The highest BCUT2D eigenvalue weighted by Gasteiger charge is 2.24. The van der Waals surface area contributed by atoms with Gasteiger partial charge >= 0.3 is 0 Å². The molecule has 1 atom stereocenters. The van der Waals surface area contributed by atoms with Crippen molar-refractivity contribution in [1.82, 2.24) is 15.3 Å². The molecule has 0 spiro atoms. The number of imidazole rings is 1. The van der Waals surface area contributed by atoms with E-state index in [-0.39, 0.29) is 6.04 Å². The highest BCUT2D eigenvalue weighted by Crippen LogP contribution is 2.31. The second kappa shape index (κ2) is 6.89. The normalized spacial score (nSPS) is 16.2. The van der Waals surface area contributed by atoms with Gasteiger partial charge in [-0.25, -0.2) is 4.98 Å². The van der Waals surface area contributed by atoms with E-state index in [1.54, 1.807) is 0 Å². The van der Waals surface area contributed by atoms with Gasteiger partial charge in [0.2, 0.25) is 0 Å². The number of fused-ring (bicyclic) bond motifs is 2. The third-order valence-corrected chi connectivity index (χ3v) is 5.10. The Morgan fingerprint density at radius 3 is 2.70 bits per heavy atom. The maximum Gasteiger partial charge on any atom is 0.129 e. The third kappa shape index (κ3) is 3.20. The topological polar surface area (TPSA) is 49.9 Å². The Kier molecular flexibility index (Phi) is 4.11. The fourth-order valence-corrected chi connectivity index (χ4v) is 3.71. The van der Waals surface area contributed by atoms with Crippen LogP contribution in [0, 0.1) is 0 Å². The van der Waals surface area contributed by atoms with Gasteiger partial charge in [0.15, 0.2) is 0 Å². The molecule has 2 N–H and O–H groups in total. The largest absolute Gasteiger partial charge is 0.489 e. The standard InChI is InChI=1S/C23H21N3O/c1-2-6-16(7-3-1)15-27-18-11-10-17-12-13-24-22(19(17)14-18)23-25-20-8-4-5-9-21(20)26-23/h1-11,14,22,24H,12-13,15H2,(H,25,26). The summed E-state index contributed by atoms with van der Waals surface area (Å²) in [4.78, 5) is 8.27. The molecule has 0 saturated heterocycles.